The molecule has 21 heavy (non-hydrogen) atoms. The number of piperidine rings is 3. The van der Waals surface area contributed by atoms with Gasteiger partial charge in [0, 0.05) is 18.2 Å². The molecule has 112 valence electrons. The highest BCUT2D eigenvalue weighted by atomic mass is 19.2. The SMILES string of the molecule is Cc1c(F)c(F)cc2c(N[C@H]3CN4CCC3CC4)noc12. The summed E-state index contributed by atoms with van der Waals surface area (Å²) < 4.78 is 32.4. The smallest absolute Gasteiger partial charge is 0.177 e. The monoisotopic (exact) mass is 293 g/mol. The number of hydrogen-bond acceptors (Lipinski definition) is 4. The van der Waals surface area contributed by atoms with Crippen LogP contribution in [0.5, 0.6) is 0 Å². The van der Waals surface area contributed by atoms with E-state index in [2.05, 4.69) is 15.4 Å². The highest BCUT2D eigenvalue weighted by Crippen LogP contribution is 2.33. The number of nitrogens with one attached hydrogen (secondary N) is 1. The maximum Gasteiger partial charge on any atom is 0.177 e. The van der Waals surface area contributed by atoms with Crippen molar-refractivity contribution >= 4 is 16.8 Å². The highest BCUT2D eigenvalue weighted by Gasteiger charge is 2.34. The molecule has 1 aromatic heterocycles. The van der Waals surface area contributed by atoms with E-state index in [0.717, 1.165) is 25.7 Å². The maximum atomic E-state index is 13.6. The fourth-order valence-corrected chi connectivity index (χ4v) is 3.58. The molecular weight excluding hydrogens is 276 g/mol. The van der Waals surface area contributed by atoms with Gasteiger partial charge in [0.15, 0.2) is 23.0 Å². The second-order valence-electron chi connectivity index (χ2n) is 6.09. The van der Waals surface area contributed by atoms with Crippen LogP contribution in [0.1, 0.15) is 18.4 Å². The minimum absolute atomic E-state index is 0.166. The fourth-order valence-electron chi connectivity index (χ4n) is 3.58. The van der Waals surface area contributed by atoms with E-state index in [-0.39, 0.29) is 5.56 Å². The molecule has 0 amide bonds. The Hall–Kier alpha value is -1.69. The molecule has 2 aromatic rings. The summed E-state index contributed by atoms with van der Waals surface area (Å²) in [6.45, 7) is 4.79. The first-order valence-electron chi connectivity index (χ1n) is 7.36. The number of aromatic nitrogens is 1. The van der Waals surface area contributed by atoms with Crippen molar-refractivity contribution in [3.63, 3.8) is 0 Å². The molecule has 1 N–H and O–H groups in total. The number of aryl methyl sites for hydroxylation is 1. The summed E-state index contributed by atoms with van der Waals surface area (Å²) in [6.07, 6.45) is 2.35. The van der Waals surface area contributed by atoms with Crippen LogP contribution in [0.3, 0.4) is 0 Å². The summed E-state index contributed by atoms with van der Waals surface area (Å²) in [4.78, 5) is 2.42. The van der Waals surface area contributed by atoms with Crippen molar-refractivity contribution in [3.05, 3.63) is 23.3 Å². The Kier molecular flexibility index (Phi) is 2.89. The number of anilines is 1. The van der Waals surface area contributed by atoms with E-state index in [4.69, 9.17) is 4.52 Å². The number of halogens is 2. The van der Waals surface area contributed by atoms with Gasteiger partial charge in [-0.1, -0.05) is 5.16 Å². The van der Waals surface area contributed by atoms with Gasteiger partial charge in [-0.15, -0.1) is 0 Å². The number of rotatable bonds is 2. The van der Waals surface area contributed by atoms with Crippen LogP contribution in [0.2, 0.25) is 0 Å². The second kappa shape index (κ2) is 4.66. The lowest BCUT2D eigenvalue weighted by Crippen LogP contribution is -2.53. The average Bonchev–Trinajstić information content (AvgIpc) is 2.89. The molecule has 0 saturated carbocycles. The van der Waals surface area contributed by atoms with Gasteiger partial charge in [0.1, 0.15) is 0 Å². The van der Waals surface area contributed by atoms with Crippen LogP contribution in [0.15, 0.2) is 10.6 Å². The molecule has 3 saturated heterocycles. The zero-order valence-electron chi connectivity index (χ0n) is 11.8. The number of hydrogen-bond donors (Lipinski definition) is 1. The van der Waals surface area contributed by atoms with Crippen LogP contribution < -0.4 is 5.32 Å². The number of benzene rings is 1. The third-order valence-electron chi connectivity index (χ3n) is 4.86. The van der Waals surface area contributed by atoms with Crippen molar-refractivity contribution in [2.75, 3.05) is 25.0 Å². The molecule has 1 atom stereocenters. The fraction of sp³-hybridized carbons (Fsp3) is 0.533. The summed E-state index contributed by atoms with van der Waals surface area (Å²) in [6, 6.07) is 1.46. The molecule has 5 rings (SSSR count). The predicted molar refractivity (Wildman–Crippen MR) is 75.2 cm³/mol. The molecule has 3 fully saturated rings. The van der Waals surface area contributed by atoms with E-state index >= 15 is 0 Å². The molecule has 4 heterocycles. The molecule has 4 nitrogen and oxygen atoms in total. The topological polar surface area (TPSA) is 41.3 Å². The van der Waals surface area contributed by atoms with Crippen LogP contribution in [0.25, 0.3) is 11.0 Å². The van der Waals surface area contributed by atoms with Crippen molar-refractivity contribution in [2.24, 2.45) is 5.92 Å². The lowest BCUT2D eigenvalue weighted by molar-refractivity contribution is 0.0973. The summed E-state index contributed by atoms with van der Waals surface area (Å²) in [5, 5.41) is 7.87. The van der Waals surface area contributed by atoms with Gasteiger partial charge in [-0.05, 0) is 44.8 Å². The predicted octanol–water partition coefficient (Wildman–Crippen LogP) is 2.92. The van der Waals surface area contributed by atoms with Crippen molar-refractivity contribution < 1.29 is 13.3 Å². The Bertz CT molecular complexity index is 692. The molecule has 3 aliphatic heterocycles. The van der Waals surface area contributed by atoms with E-state index in [0.29, 0.717) is 28.7 Å². The number of fused-ring (bicyclic) bond motifs is 4. The Morgan fingerprint density at radius 3 is 2.76 bits per heavy atom. The summed E-state index contributed by atoms with van der Waals surface area (Å²) in [5.74, 6) is -0.591. The van der Waals surface area contributed by atoms with Crippen LogP contribution in [-0.4, -0.2) is 35.7 Å². The zero-order chi connectivity index (χ0) is 14.6. The molecule has 0 radical (unpaired) electrons. The second-order valence-corrected chi connectivity index (χ2v) is 6.09. The standard InChI is InChI=1S/C15H17F2N3O/c1-8-13(17)11(16)6-10-14(8)21-19-15(10)18-12-7-20-4-2-9(12)3-5-20/h6,9,12H,2-5,7H2,1H3,(H,18,19)/t12-/m0/s1. The first-order chi connectivity index (χ1) is 10.1. The van der Waals surface area contributed by atoms with Gasteiger partial charge in [-0.25, -0.2) is 8.78 Å². The van der Waals surface area contributed by atoms with E-state index in [1.807, 2.05) is 0 Å². The van der Waals surface area contributed by atoms with Crippen molar-refractivity contribution in [1.82, 2.24) is 10.1 Å². The third kappa shape index (κ3) is 2.00. The van der Waals surface area contributed by atoms with E-state index in [9.17, 15) is 8.78 Å². The Balaban J connectivity index is 1.68. The summed E-state index contributed by atoms with van der Waals surface area (Å²) in [5.41, 5.74) is 0.483. The maximum absolute atomic E-state index is 13.6. The third-order valence-corrected chi connectivity index (χ3v) is 4.86. The molecular formula is C15H17F2N3O. The lowest BCUT2D eigenvalue weighted by atomic mass is 9.84. The molecule has 0 aliphatic carbocycles. The van der Waals surface area contributed by atoms with Crippen LogP contribution >= 0.6 is 0 Å². The van der Waals surface area contributed by atoms with Crippen molar-refractivity contribution in [3.8, 4) is 0 Å². The molecule has 0 unspecified atom stereocenters. The Labute approximate surface area is 121 Å². The minimum Gasteiger partial charge on any atom is -0.362 e. The Morgan fingerprint density at radius 1 is 1.33 bits per heavy atom. The van der Waals surface area contributed by atoms with Gasteiger partial charge in [0.25, 0.3) is 0 Å². The molecule has 1 aromatic carbocycles. The average molecular weight is 293 g/mol. The van der Waals surface area contributed by atoms with Gasteiger partial charge >= 0.3 is 0 Å². The largest absolute Gasteiger partial charge is 0.362 e. The Morgan fingerprint density at radius 2 is 2.10 bits per heavy atom. The summed E-state index contributed by atoms with van der Waals surface area (Å²) in [7, 11) is 0. The van der Waals surface area contributed by atoms with Crippen LogP contribution in [0.4, 0.5) is 14.6 Å². The quantitative estimate of drug-likeness (QED) is 0.924. The van der Waals surface area contributed by atoms with E-state index < -0.39 is 11.6 Å². The molecule has 2 bridgehead atoms. The van der Waals surface area contributed by atoms with Crippen LogP contribution in [0, 0.1) is 24.5 Å². The van der Waals surface area contributed by atoms with Crippen molar-refractivity contribution in [1.29, 1.82) is 0 Å². The van der Waals surface area contributed by atoms with Gasteiger partial charge in [0.2, 0.25) is 0 Å². The van der Waals surface area contributed by atoms with E-state index in [1.54, 1.807) is 0 Å². The van der Waals surface area contributed by atoms with Crippen molar-refractivity contribution in [2.45, 2.75) is 25.8 Å². The first kappa shape index (κ1) is 13.0. The van der Waals surface area contributed by atoms with Gasteiger partial charge < -0.3 is 14.7 Å². The molecule has 6 heteroatoms. The molecule has 3 aliphatic rings. The normalized spacial score (nSPS) is 28.2. The minimum atomic E-state index is -0.868. The molecule has 0 spiro atoms. The highest BCUT2D eigenvalue weighted by molar-refractivity contribution is 5.90. The zero-order valence-corrected chi connectivity index (χ0v) is 11.8. The van der Waals surface area contributed by atoms with Gasteiger partial charge in [0.05, 0.1) is 5.39 Å². The van der Waals surface area contributed by atoms with Gasteiger partial charge in [-0.3, -0.25) is 0 Å². The number of nitrogens with zero attached hydrogens (tertiary/aromatic N) is 2. The van der Waals surface area contributed by atoms with Crippen LogP contribution in [-0.2, 0) is 0 Å². The van der Waals surface area contributed by atoms with Gasteiger partial charge in [-0.2, -0.15) is 0 Å². The first-order valence-corrected chi connectivity index (χ1v) is 7.36. The summed E-state index contributed by atoms with van der Waals surface area (Å²) >= 11 is 0. The lowest BCUT2D eigenvalue weighted by Gasteiger charge is -2.44. The van der Waals surface area contributed by atoms with E-state index in [1.165, 1.54) is 19.8 Å².